The van der Waals surface area contributed by atoms with Crippen molar-refractivity contribution in [3.8, 4) is 0 Å². The minimum atomic E-state index is 0.119. The minimum absolute atomic E-state index is 0.119. The van der Waals surface area contributed by atoms with Crippen LogP contribution in [0.15, 0.2) is 30.1 Å². The van der Waals surface area contributed by atoms with E-state index in [9.17, 15) is 0 Å². The summed E-state index contributed by atoms with van der Waals surface area (Å²) in [7, 11) is 1.75. The van der Waals surface area contributed by atoms with Crippen molar-refractivity contribution in [2.45, 2.75) is 39.3 Å². The molecule has 2 rings (SSSR count). The maximum atomic E-state index is 5.21. The molecule has 0 amide bonds. The maximum Gasteiger partial charge on any atom is 0.0674 e. The Balaban J connectivity index is 2.07. The average molecular weight is 289 g/mol. The Bertz CT molecular complexity index is 491. The van der Waals surface area contributed by atoms with E-state index >= 15 is 0 Å². The SMILES string of the molecule is COCC1=CCN(c2cnccc2CNC(C)(C)C)CC1. The predicted molar refractivity (Wildman–Crippen MR) is 87.6 cm³/mol. The van der Waals surface area contributed by atoms with Gasteiger partial charge >= 0.3 is 0 Å². The summed E-state index contributed by atoms with van der Waals surface area (Å²) in [5.41, 5.74) is 4.06. The van der Waals surface area contributed by atoms with Crippen molar-refractivity contribution >= 4 is 5.69 Å². The van der Waals surface area contributed by atoms with Crippen molar-refractivity contribution in [1.29, 1.82) is 0 Å². The summed E-state index contributed by atoms with van der Waals surface area (Å²) in [4.78, 5) is 6.70. The van der Waals surface area contributed by atoms with Gasteiger partial charge in [0.25, 0.3) is 0 Å². The molecule has 1 aliphatic rings. The summed E-state index contributed by atoms with van der Waals surface area (Å²) in [5, 5.41) is 3.56. The summed E-state index contributed by atoms with van der Waals surface area (Å²) in [6.45, 7) is 10.2. The molecule has 0 radical (unpaired) electrons. The third-order valence-corrected chi connectivity index (χ3v) is 3.67. The van der Waals surface area contributed by atoms with Gasteiger partial charge in [0, 0.05) is 38.5 Å². The van der Waals surface area contributed by atoms with Gasteiger partial charge in [-0.15, -0.1) is 0 Å². The van der Waals surface area contributed by atoms with Crippen molar-refractivity contribution in [2.24, 2.45) is 0 Å². The van der Waals surface area contributed by atoms with E-state index in [-0.39, 0.29) is 5.54 Å². The van der Waals surface area contributed by atoms with E-state index in [2.05, 4.69) is 48.1 Å². The standard InChI is InChI=1S/C17H27N3O/c1-17(2,3)19-11-15-5-8-18-12-16(15)20-9-6-14(7-10-20)13-21-4/h5-6,8,12,19H,7,9-11,13H2,1-4H3. The molecule has 0 saturated carbocycles. The van der Waals surface area contributed by atoms with E-state index in [1.54, 1.807) is 7.11 Å². The highest BCUT2D eigenvalue weighted by atomic mass is 16.5. The van der Waals surface area contributed by atoms with Crippen molar-refractivity contribution in [3.63, 3.8) is 0 Å². The second-order valence-electron chi connectivity index (χ2n) is 6.60. The molecule has 0 saturated heterocycles. The Morgan fingerprint density at radius 1 is 1.38 bits per heavy atom. The molecular weight excluding hydrogens is 262 g/mol. The number of hydrogen-bond acceptors (Lipinski definition) is 4. The van der Waals surface area contributed by atoms with Gasteiger partial charge in [0.1, 0.15) is 0 Å². The van der Waals surface area contributed by atoms with Crippen molar-refractivity contribution in [1.82, 2.24) is 10.3 Å². The van der Waals surface area contributed by atoms with Gasteiger partial charge < -0.3 is 15.0 Å². The number of ether oxygens (including phenoxy) is 1. The number of pyridine rings is 1. The second-order valence-corrected chi connectivity index (χ2v) is 6.60. The summed E-state index contributed by atoms with van der Waals surface area (Å²) < 4.78 is 5.21. The van der Waals surface area contributed by atoms with Crippen LogP contribution in [0.1, 0.15) is 32.8 Å². The van der Waals surface area contributed by atoms with Crippen molar-refractivity contribution in [2.75, 3.05) is 31.7 Å². The number of anilines is 1. The molecule has 0 aromatic carbocycles. The molecule has 0 fully saturated rings. The van der Waals surface area contributed by atoms with E-state index < -0.39 is 0 Å². The smallest absolute Gasteiger partial charge is 0.0674 e. The highest BCUT2D eigenvalue weighted by molar-refractivity contribution is 5.53. The lowest BCUT2D eigenvalue weighted by Crippen LogP contribution is -2.36. The summed E-state index contributed by atoms with van der Waals surface area (Å²) in [6, 6.07) is 2.11. The van der Waals surface area contributed by atoms with Gasteiger partial charge in [-0.3, -0.25) is 4.98 Å². The van der Waals surface area contributed by atoms with Crippen LogP contribution in [0.4, 0.5) is 5.69 Å². The maximum absolute atomic E-state index is 5.21. The Morgan fingerprint density at radius 3 is 2.81 bits per heavy atom. The lowest BCUT2D eigenvalue weighted by molar-refractivity contribution is 0.222. The molecule has 2 heterocycles. The summed E-state index contributed by atoms with van der Waals surface area (Å²) in [6.07, 6.45) is 7.20. The molecule has 0 aliphatic carbocycles. The molecule has 0 unspecified atom stereocenters. The Hall–Kier alpha value is -1.39. The van der Waals surface area contributed by atoms with Gasteiger partial charge in [-0.2, -0.15) is 0 Å². The molecule has 1 aromatic heterocycles. The summed E-state index contributed by atoms with van der Waals surface area (Å²) >= 11 is 0. The molecule has 0 spiro atoms. The predicted octanol–water partition coefficient (Wildman–Crippen LogP) is 2.75. The van der Waals surface area contributed by atoms with Gasteiger partial charge in [0.2, 0.25) is 0 Å². The van der Waals surface area contributed by atoms with Crippen LogP contribution >= 0.6 is 0 Å². The Morgan fingerprint density at radius 2 is 2.19 bits per heavy atom. The van der Waals surface area contributed by atoms with E-state index in [4.69, 9.17) is 4.74 Å². The number of methoxy groups -OCH3 is 1. The van der Waals surface area contributed by atoms with Crippen LogP contribution in [0.2, 0.25) is 0 Å². The first-order valence-electron chi connectivity index (χ1n) is 7.59. The number of nitrogens with zero attached hydrogens (tertiary/aromatic N) is 2. The number of hydrogen-bond donors (Lipinski definition) is 1. The van der Waals surface area contributed by atoms with Gasteiger partial charge in [0.15, 0.2) is 0 Å². The molecule has 21 heavy (non-hydrogen) atoms. The van der Waals surface area contributed by atoms with E-state index in [1.807, 2.05) is 12.4 Å². The zero-order valence-electron chi connectivity index (χ0n) is 13.6. The van der Waals surface area contributed by atoms with Crippen molar-refractivity contribution in [3.05, 3.63) is 35.7 Å². The highest BCUT2D eigenvalue weighted by Crippen LogP contribution is 2.23. The Labute approximate surface area is 128 Å². The molecule has 1 aromatic rings. The van der Waals surface area contributed by atoms with Crippen LogP contribution in [-0.2, 0) is 11.3 Å². The molecule has 0 atom stereocenters. The van der Waals surface area contributed by atoms with Gasteiger partial charge in [0.05, 0.1) is 18.5 Å². The van der Waals surface area contributed by atoms with Gasteiger partial charge in [-0.1, -0.05) is 6.08 Å². The molecule has 1 N–H and O–H groups in total. The lowest BCUT2D eigenvalue weighted by Gasteiger charge is -2.30. The first-order chi connectivity index (χ1) is 9.99. The largest absolute Gasteiger partial charge is 0.380 e. The minimum Gasteiger partial charge on any atom is -0.380 e. The van der Waals surface area contributed by atoms with Crippen molar-refractivity contribution < 1.29 is 4.74 Å². The molecule has 0 bridgehead atoms. The summed E-state index contributed by atoms with van der Waals surface area (Å²) in [5.74, 6) is 0. The number of rotatable bonds is 5. The zero-order chi connectivity index (χ0) is 15.3. The molecule has 4 nitrogen and oxygen atoms in total. The number of aromatic nitrogens is 1. The monoisotopic (exact) mass is 289 g/mol. The topological polar surface area (TPSA) is 37.4 Å². The van der Waals surface area contributed by atoms with Crippen LogP contribution in [-0.4, -0.2) is 37.3 Å². The molecule has 116 valence electrons. The zero-order valence-corrected chi connectivity index (χ0v) is 13.6. The van der Waals surface area contributed by atoms with Crippen LogP contribution in [0.5, 0.6) is 0 Å². The second kappa shape index (κ2) is 7.05. The quantitative estimate of drug-likeness (QED) is 0.846. The van der Waals surface area contributed by atoms with Crippen LogP contribution in [0, 0.1) is 0 Å². The average Bonchev–Trinajstić information content (AvgIpc) is 2.46. The molecular formula is C17H27N3O. The third kappa shape index (κ3) is 4.83. The number of nitrogens with one attached hydrogen (secondary N) is 1. The van der Waals surface area contributed by atoms with E-state index in [0.29, 0.717) is 0 Å². The third-order valence-electron chi connectivity index (χ3n) is 3.67. The first kappa shape index (κ1) is 16.0. The lowest BCUT2D eigenvalue weighted by atomic mass is 10.1. The van der Waals surface area contributed by atoms with Crippen LogP contribution in [0.25, 0.3) is 0 Å². The fraction of sp³-hybridized carbons (Fsp3) is 0.588. The van der Waals surface area contributed by atoms with Crippen LogP contribution < -0.4 is 10.2 Å². The Kier molecular flexibility index (Phi) is 5.37. The van der Waals surface area contributed by atoms with Gasteiger partial charge in [-0.05, 0) is 44.4 Å². The highest BCUT2D eigenvalue weighted by Gasteiger charge is 2.16. The molecule has 1 aliphatic heterocycles. The first-order valence-corrected chi connectivity index (χ1v) is 7.59. The van der Waals surface area contributed by atoms with E-state index in [1.165, 1.54) is 16.8 Å². The van der Waals surface area contributed by atoms with E-state index in [0.717, 1.165) is 32.7 Å². The molecule has 4 heteroatoms. The van der Waals surface area contributed by atoms with Crippen LogP contribution in [0.3, 0.4) is 0 Å². The fourth-order valence-electron chi connectivity index (χ4n) is 2.46. The normalized spacial score (nSPS) is 16.0. The van der Waals surface area contributed by atoms with Gasteiger partial charge in [-0.25, -0.2) is 0 Å². The fourth-order valence-corrected chi connectivity index (χ4v) is 2.46.